The zero-order valence-corrected chi connectivity index (χ0v) is 9.04. The number of carboxylic acid groups (broad SMARTS) is 1. The van der Waals surface area contributed by atoms with Gasteiger partial charge in [-0.1, -0.05) is 10.8 Å². The number of carbonyl (C=O) groups is 3. The Balaban J connectivity index is 3.53. The number of aliphatic carboxylic acids is 1. The second kappa shape index (κ2) is 7.51. The summed E-state index contributed by atoms with van der Waals surface area (Å²) in [6, 6.07) is 0. The molecule has 0 aliphatic heterocycles. The van der Waals surface area contributed by atoms with Crippen LogP contribution in [0, 0.1) is 0 Å². The Morgan fingerprint density at radius 1 is 1.21 bits per heavy atom. The van der Waals surface area contributed by atoms with E-state index < -0.39 is 18.4 Å². The molecule has 2 amide bonds. The standard InChI is InChI=1S/C6H10N2O4S2/c1-13-14-6(12)8-2-4(9)7-3-5(10)11/h2-3H2,1H3,(H,7,9)(H,8,12)(H,10,11). The quantitative estimate of drug-likeness (QED) is 0.579. The van der Waals surface area contributed by atoms with Crippen LogP contribution in [0.25, 0.3) is 0 Å². The van der Waals surface area contributed by atoms with Crippen LogP contribution < -0.4 is 10.6 Å². The van der Waals surface area contributed by atoms with E-state index in [0.717, 1.165) is 10.8 Å². The van der Waals surface area contributed by atoms with E-state index in [1.54, 1.807) is 6.26 Å². The minimum Gasteiger partial charge on any atom is -0.480 e. The summed E-state index contributed by atoms with van der Waals surface area (Å²) in [5.41, 5.74) is 0. The third kappa shape index (κ3) is 7.74. The molecule has 0 aliphatic carbocycles. The first kappa shape index (κ1) is 13.1. The van der Waals surface area contributed by atoms with Crippen LogP contribution in [0.15, 0.2) is 0 Å². The summed E-state index contributed by atoms with van der Waals surface area (Å²) in [5, 5.41) is 12.3. The van der Waals surface area contributed by atoms with E-state index in [-0.39, 0.29) is 11.8 Å². The normalized spacial score (nSPS) is 9.21. The molecule has 0 aliphatic rings. The summed E-state index contributed by atoms with van der Waals surface area (Å²) in [6.45, 7) is -0.649. The van der Waals surface area contributed by atoms with Crippen LogP contribution in [0.2, 0.25) is 0 Å². The maximum Gasteiger partial charge on any atom is 0.322 e. The van der Waals surface area contributed by atoms with E-state index in [1.807, 2.05) is 0 Å². The number of rotatable bonds is 5. The van der Waals surface area contributed by atoms with Crippen molar-refractivity contribution in [1.29, 1.82) is 0 Å². The van der Waals surface area contributed by atoms with Crippen LogP contribution in [-0.2, 0) is 9.59 Å². The molecule has 0 saturated heterocycles. The average Bonchev–Trinajstić information content (AvgIpc) is 2.12. The first-order valence-electron chi connectivity index (χ1n) is 3.53. The van der Waals surface area contributed by atoms with Crippen molar-refractivity contribution in [3.63, 3.8) is 0 Å². The molecule has 6 nitrogen and oxygen atoms in total. The number of nitrogens with one attached hydrogen (secondary N) is 2. The van der Waals surface area contributed by atoms with Gasteiger partial charge < -0.3 is 15.7 Å². The fourth-order valence-corrected chi connectivity index (χ4v) is 1.41. The number of hydrogen-bond acceptors (Lipinski definition) is 5. The lowest BCUT2D eigenvalue weighted by atomic mass is 10.5. The molecule has 8 heteroatoms. The molecule has 0 rings (SSSR count). The Kier molecular flexibility index (Phi) is 7.03. The Morgan fingerprint density at radius 3 is 2.36 bits per heavy atom. The van der Waals surface area contributed by atoms with Crippen LogP contribution in [0.1, 0.15) is 0 Å². The van der Waals surface area contributed by atoms with Gasteiger partial charge in [0.15, 0.2) is 0 Å². The van der Waals surface area contributed by atoms with Crippen molar-refractivity contribution in [3.05, 3.63) is 0 Å². The molecule has 0 aromatic carbocycles. The van der Waals surface area contributed by atoms with Gasteiger partial charge in [-0.3, -0.25) is 14.4 Å². The average molecular weight is 238 g/mol. The van der Waals surface area contributed by atoms with Crippen molar-refractivity contribution in [2.24, 2.45) is 0 Å². The second-order valence-electron chi connectivity index (χ2n) is 2.06. The number of amides is 2. The predicted molar refractivity (Wildman–Crippen MR) is 55.2 cm³/mol. The van der Waals surface area contributed by atoms with Crippen LogP contribution in [0.4, 0.5) is 4.79 Å². The van der Waals surface area contributed by atoms with E-state index in [2.05, 4.69) is 10.6 Å². The molecule has 0 aromatic rings. The minimum absolute atomic E-state index is 0.209. The van der Waals surface area contributed by atoms with E-state index in [4.69, 9.17) is 5.11 Å². The Morgan fingerprint density at radius 2 is 1.86 bits per heavy atom. The van der Waals surface area contributed by atoms with Crippen molar-refractivity contribution in [1.82, 2.24) is 10.6 Å². The summed E-state index contributed by atoms with van der Waals surface area (Å²) in [6.07, 6.45) is 1.73. The van der Waals surface area contributed by atoms with E-state index in [0.29, 0.717) is 0 Å². The number of hydrogen-bond donors (Lipinski definition) is 3. The van der Waals surface area contributed by atoms with E-state index >= 15 is 0 Å². The zero-order valence-electron chi connectivity index (χ0n) is 7.40. The van der Waals surface area contributed by atoms with Gasteiger partial charge in [-0.05, 0) is 6.26 Å². The van der Waals surface area contributed by atoms with Crippen LogP contribution in [0.3, 0.4) is 0 Å². The third-order valence-electron chi connectivity index (χ3n) is 0.989. The van der Waals surface area contributed by atoms with Gasteiger partial charge in [0, 0.05) is 10.8 Å². The largest absolute Gasteiger partial charge is 0.480 e. The zero-order chi connectivity index (χ0) is 11.0. The van der Waals surface area contributed by atoms with Crippen molar-refractivity contribution in [2.45, 2.75) is 0 Å². The summed E-state index contributed by atoms with van der Waals surface area (Å²) < 4.78 is 0. The molecule has 0 aromatic heterocycles. The summed E-state index contributed by atoms with van der Waals surface area (Å²) in [4.78, 5) is 31.7. The summed E-state index contributed by atoms with van der Waals surface area (Å²) in [7, 11) is 2.23. The van der Waals surface area contributed by atoms with Gasteiger partial charge in [-0.15, -0.1) is 0 Å². The molecule has 0 unspecified atom stereocenters. The van der Waals surface area contributed by atoms with E-state index in [9.17, 15) is 14.4 Å². The third-order valence-corrected chi connectivity index (χ3v) is 2.41. The van der Waals surface area contributed by atoms with Gasteiger partial charge in [-0.2, -0.15) is 0 Å². The monoisotopic (exact) mass is 238 g/mol. The van der Waals surface area contributed by atoms with Crippen LogP contribution >= 0.6 is 21.6 Å². The number of carbonyl (C=O) groups excluding carboxylic acids is 2. The van der Waals surface area contributed by atoms with Gasteiger partial charge in [-0.25, -0.2) is 0 Å². The Bertz CT molecular complexity index is 234. The smallest absolute Gasteiger partial charge is 0.322 e. The van der Waals surface area contributed by atoms with Crippen molar-refractivity contribution < 1.29 is 19.5 Å². The van der Waals surface area contributed by atoms with Gasteiger partial charge in [0.2, 0.25) is 5.91 Å². The van der Waals surface area contributed by atoms with Crippen molar-refractivity contribution >= 4 is 38.7 Å². The molecule has 0 spiro atoms. The fraction of sp³-hybridized carbons (Fsp3) is 0.500. The van der Waals surface area contributed by atoms with Gasteiger partial charge >= 0.3 is 5.97 Å². The van der Waals surface area contributed by atoms with Crippen molar-refractivity contribution in [2.75, 3.05) is 19.3 Å². The minimum atomic E-state index is -1.12. The van der Waals surface area contributed by atoms with Gasteiger partial charge in [0.1, 0.15) is 6.54 Å². The molecule has 0 atom stereocenters. The first-order valence-corrected chi connectivity index (χ1v) is 6.09. The lowest BCUT2D eigenvalue weighted by molar-refractivity contribution is -0.137. The SMILES string of the molecule is CSSC(=O)NCC(=O)NCC(=O)O. The molecule has 0 bridgehead atoms. The Hall–Kier alpha value is -0.890. The highest BCUT2D eigenvalue weighted by Crippen LogP contribution is 2.16. The maximum absolute atomic E-state index is 10.9. The lowest BCUT2D eigenvalue weighted by Gasteiger charge is -2.03. The molecule has 3 N–H and O–H groups in total. The molecular formula is C6H10N2O4S2. The van der Waals surface area contributed by atoms with Gasteiger partial charge in [0.05, 0.1) is 6.54 Å². The first-order chi connectivity index (χ1) is 6.56. The molecule has 14 heavy (non-hydrogen) atoms. The van der Waals surface area contributed by atoms with Crippen LogP contribution in [0.5, 0.6) is 0 Å². The summed E-state index contributed by atoms with van der Waals surface area (Å²) >= 11 is 0. The fourth-order valence-electron chi connectivity index (χ4n) is 0.494. The molecule has 0 radical (unpaired) electrons. The van der Waals surface area contributed by atoms with Gasteiger partial charge in [0.25, 0.3) is 5.24 Å². The molecular weight excluding hydrogens is 228 g/mol. The molecule has 0 saturated carbocycles. The maximum atomic E-state index is 10.9. The second-order valence-corrected chi connectivity index (χ2v) is 4.43. The molecule has 0 heterocycles. The summed E-state index contributed by atoms with van der Waals surface area (Å²) in [5.74, 6) is -1.65. The predicted octanol–water partition coefficient (Wildman–Crippen LogP) is -0.0920. The molecule has 0 fully saturated rings. The van der Waals surface area contributed by atoms with Crippen molar-refractivity contribution in [3.8, 4) is 0 Å². The lowest BCUT2D eigenvalue weighted by Crippen LogP contribution is -2.37. The highest BCUT2D eigenvalue weighted by atomic mass is 33.1. The molecule has 80 valence electrons. The number of carboxylic acids is 1. The van der Waals surface area contributed by atoms with Crippen LogP contribution in [-0.4, -0.2) is 41.6 Å². The topological polar surface area (TPSA) is 95.5 Å². The van der Waals surface area contributed by atoms with E-state index in [1.165, 1.54) is 10.8 Å². The highest BCUT2D eigenvalue weighted by Gasteiger charge is 2.06. The highest BCUT2D eigenvalue weighted by molar-refractivity contribution is 8.81. The Labute approximate surface area is 88.6 Å².